The van der Waals surface area contributed by atoms with Gasteiger partial charge >= 0.3 is 12.0 Å². The molecule has 0 radical (unpaired) electrons. The summed E-state index contributed by atoms with van der Waals surface area (Å²) in [7, 11) is 3.47. The van der Waals surface area contributed by atoms with Crippen molar-refractivity contribution >= 4 is 12.0 Å². The van der Waals surface area contributed by atoms with Gasteiger partial charge in [-0.1, -0.05) is 0 Å². The number of furan rings is 1. The Bertz CT molecular complexity index is 646. The number of carbonyl (C=O) groups excluding carboxylic acids is 1. The van der Waals surface area contributed by atoms with Crippen LogP contribution in [0.15, 0.2) is 28.9 Å². The molecular formula is C13H16N4O4. The molecule has 0 aliphatic rings. The molecule has 0 aromatic carbocycles. The van der Waals surface area contributed by atoms with Gasteiger partial charge < -0.3 is 19.7 Å². The lowest BCUT2D eigenvalue weighted by molar-refractivity contribution is 0.0660. The highest BCUT2D eigenvalue weighted by Crippen LogP contribution is 2.08. The maximum Gasteiger partial charge on any atom is 0.371 e. The van der Waals surface area contributed by atoms with Crippen molar-refractivity contribution in [3.05, 3.63) is 41.6 Å². The van der Waals surface area contributed by atoms with Gasteiger partial charge in [-0.2, -0.15) is 5.10 Å². The molecule has 2 amide bonds. The summed E-state index contributed by atoms with van der Waals surface area (Å²) >= 11 is 0. The van der Waals surface area contributed by atoms with Gasteiger partial charge in [0.15, 0.2) is 0 Å². The van der Waals surface area contributed by atoms with Crippen molar-refractivity contribution in [3.63, 3.8) is 0 Å². The molecule has 8 nitrogen and oxygen atoms in total. The van der Waals surface area contributed by atoms with Gasteiger partial charge in [-0.25, -0.2) is 9.59 Å². The van der Waals surface area contributed by atoms with E-state index in [4.69, 9.17) is 9.52 Å². The molecule has 0 aliphatic heterocycles. The van der Waals surface area contributed by atoms with Gasteiger partial charge in [-0.15, -0.1) is 0 Å². The fraction of sp³-hybridized carbons (Fsp3) is 0.308. The van der Waals surface area contributed by atoms with E-state index in [2.05, 4.69) is 10.4 Å². The highest BCUT2D eigenvalue weighted by atomic mass is 16.4. The van der Waals surface area contributed by atoms with Crippen LogP contribution in [-0.2, 0) is 20.1 Å². The second-order valence-corrected chi connectivity index (χ2v) is 4.61. The van der Waals surface area contributed by atoms with Crippen LogP contribution in [-0.4, -0.2) is 38.8 Å². The number of carbonyl (C=O) groups is 2. The van der Waals surface area contributed by atoms with Crippen molar-refractivity contribution in [1.82, 2.24) is 20.0 Å². The van der Waals surface area contributed by atoms with E-state index >= 15 is 0 Å². The van der Waals surface area contributed by atoms with Crippen LogP contribution in [0.2, 0.25) is 0 Å². The zero-order valence-corrected chi connectivity index (χ0v) is 11.7. The molecular weight excluding hydrogens is 276 g/mol. The topological polar surface area (TPSA) is 101 Å². The number of aromatic carboxylic acids is 1. The first-order valence-corrected chi connectivity index (χ1v) is 6.24. The average Bonchev–Trinajstić information content (AvgIpc) is 3.05. The second kappa shape index (κ2) is 6.12. The van der Waals surface area contributed by atoms with E-state index in [-0.39, 0.29) is 18.3 Å². The van der Waals surface area contributed by atoms with Crippen molar-refractivity contribution in [2.24, 2.45) is 7.05 Å². The van der Waals surface area contributed by atoms with Crippen molar-refractivity contribution < 1.29 is 19.1 Å². The Morgan fingerprint density at radius 1 is 1.48 bits per heavy atom. The highest BCUT2D eigenvalue weighted by molar-refractivity contribution is 5.84. The lowest BCUT2D eigenvalue weighted by Crippen LogP contribution is -2.36. The first-order valence-electron chi connectivity index (χ1n) is 6.24. The number of nitrogens with one attached hydrogen (secondary N) is 1. The second-order valence-electron chi connectivity index (χ2n) is 4.61. The van der Waals surface area contributed by atoms with Crippen LogP contribution < -0.4 is 5.32 Å². The zero-order chi connectivity index (χ0) is 15.4. The lowest BCUT2D eigenvalue weighted by Gasteiger charge is -2.16. The van der Waals surface area contributed by atoms with Crippen LogP contribution in [0, 0.1) is 0 Å². The van der Waals surface area contributed by atoms with Gasteiger partial charge in [-0.05, 0) is 12.1 Å². The Balaban J connectivity index is 1.84. The number of aryl methyl sites for hydroxylation is 1. The number of carboxylic acid groups (broad SMARTS) is 1. The first kappa shape index (κ1) is 14.6. The summed E-state index contributed by atoms with van der Waals surface area (Å²) in [6.07, 6.45) is 3.52. The molecule has 21 heavy (non-hydrogen) atoms. The summed E-state index contributed by atoms with van der Waals surface area (Å²) in [5.41, 5.74) is 0.918. The predicted molar refractivity (Wildman–Crippen MR) is 72.6 cm³/mol. The van der Waals surface area contributed by atoms with Crippen molar-refractivity contribution in [2.75, 3.05) is 7.05 Å². The van der Waals surface area contributed by atoms with Crippen molar-refractivity contribution in [2.45, 2.75) is 13.1 Å². The van der Waals surface area contributed by atoms with Gasteiger partial charge in [0.25, 0.3) is 0 Å². The number of nitrogens with zero attached hydrogens (tertiary/aromatic N) is 3. The van der Waals surface area contributed by atoms with E-state index < -0.39 is 5.97 Å². The van der Waals surface area contributed by atoms with Crippen LogP contribution in [0.4, 0.5) is 4.79 Å². The Hall–Kier alpha value is -2.77. The lowest BCUT2D eigenvalue weighted by atomic mass is 10.3. The molecule has 0 saturated heterocycles. The molecule has 2 heterocycles. The Morgan fingerprint density at radius 3 is 2.81 bits per heavy atom. The summed E-state index contributed by atoms with van der Waals surface area (Å²) in [5, 5.41) is 15.4. The summed E-state index contributed by atoms with van der Waals surface area (Å²) in [6, 6.07) is 2.58. The fourth-order valence-electron chi connectivity index (χ4n) is 1.78. The third kappa shape index (κ3) is 3.85. The van der Waals surface area contributed by atoms with E-state index in [1.54, 1.807) is 25.0 Å². The van der Waals surface area contributed by atoms with Gasteiger partial charge in [0.2, 0.25) is 5.76 Å². The minimum absolute atomic E-state index is 0.128. The minimum Gasteiger partial charge on any atom is -0.475 e. The molecule has 112 valence electrons. The third-order valence-corrected chi connectivity index (χ3v) is 2.81. The first-order chi connectivity index (χ1) is 9.95. The highest BCUT2D eigenvalue weighted by Gasteiger charge is 2.12. The number of carboxylic acids is 1. The molecule has 2 aromatic heterocycles. The predicted octanol–water partition coefficient (Wildman–Crippen LogP) is 1.05. The van der Waals surface area contributed by atoms with E-state index in [0.29, 0.717) is 12.3 Å². The summed E-state index contributed by atoms with van der Waals surface area (Å²) in [6.45, 7) is 0.557. The molecule has 8 heteroatoms. The van der Waals surface area contributed by atoms with Crippen LogP contribution in [0.1, 0.15) is 21.9 Å². The van der Waals surface area contributed by atoms with Crippen molar-refractivity contribution in [3.8, 4) is 0 Å². The summed E-state index contributed by atoms with van der Waals surface area (Å²) < 4.78 is 6.71. The van der Waals surface area contributed by atoms with E-state index in [1.165, 1.54) is 17.0 Å². The summed E-state index contributed by atoms with van der Waals surface area (Å²) in [4.78, 5) is 24.1. The Labute approximate surface area is 121 Å². The van der Waals surface area contributed by atoms with E-state index in [1.807, 2.05) is 6.20 Å². The van der Waals surface area contributed by atoms with E-state index in [0.717, 1.165) is 5.56 Å². The third-order valence-electron chi connectivity index (χ3n) is 2.81. The zero-order valence-electron chi connectivity index (χ0n) is 11.7. The Kier molecular flexibility index (Phi) is 4.27. The number of rotatable bonds is 5. The van der Waals surface area contributed by atoms with Crippen LogP contribution in [0.3, 0.4) is 0 Å². The molecule has 2 aromatic rings. The maximum atomic E-state index is 11.9. The quantitative estimate of drug-likeness (QED) is 0.858. The van der Waals surface area contributed by atoms with Gasteiger partial charge in [0.1, 0.15) is 5.76 Å². The maximum absolute atomic E-state index is 11.9. The van der Waals surface area contributed by atoms with Crippen LogP contribution in [0.5, 0.6) is 0 Å². The molecule has 0 bridgehead atoms. The average molecular weight is 292 g/mol. The van der Waals surface area contributed by atoms with Gasteiger partial charge in [0, 0.05) is 25.9 Å². The smallest absolute Gasteiger partial charge is 0.371 e. The molecule has 0 atom stereocenters. The molecule has 2 rings (SSSR count). The number of hydrogen-bond acceptors (Lipinski definition) is 4. The van der Waals surface area contributed by atoms with Crippen LogP contribution in [0.25, 0.3) is 0 Å². The van der Waals surface area contributed by atoms with E-state index in [9.17, 15) is 9.59 Å². The number of urea groups is 1. The molecule has 2 N–H and O–H groups in total. The molecule has 0 spiro atoms. The SMILES string of the molecule is CN(Cc1cnn(C)c1)C(=O)NCc1ccc(C(=O)O)o1. The summed E-state index contributed by atoms with van der Waals surface area (Å²) in [5.74, 6) is -0.903. The number of aromatic nitrogens is 2. The monoisotopic (exact) mass is 292 g/mol. The normalized spacial score (nSPS) is 10.4. The standard InChI is InChI=1S/C13H16N4O4/c1-16(7-9-5-15-17(2)8-9)13(20)14-6-10-3-4-11(21-10)12(18)19/h3-5,8H,6-7H2,1-2H3,(H,14,20)(H,18,19). The minimum atomic E-state index is -1.14. The van der Waals surface area contributed by atoms with Crippen molar-refractivity contribution in [1.29, 1.82) is 0 Å². The molecule has 0 aliphatic carbocycles. The molecule has 0 saturated carbocycles. The molecule has 0 unspecified atom stereocenters. The number of amides is 2. The Morgan fingerprint density at radius 2 is 2.24 bits per heavy atom. The van der Waals surface area contributed by atoms with Crippen LogP contribution >= 0.6 is 0 Å². The number of hydrogen-bond donors (Lipinski definition) is 2. The largest absolute Gasteiger partial charge is 0.475 e. The van der Waals surface area contributed by atoms with Gasteiger partial charge in [0.05, 0.1) is 19.3 Å². The fourth-order valence-corrected chi connectivity index (χ4v) is 1.78. The van der Waals surface area contributed by atoms with Gasteiger partial charge in [-0.3, -0.25) is 4.68 Å². The molecule has 0 fully saturated rings.